The zero-order valence-electron chi connectivity index (χ0n) is 8.52. The van der Waals surface area contributed by atoms with Crippen LogP contribution in [0.3, 0.4) is 0 Å². The Hall–Kier alpha value is -1.66. The molecule has 0 heterocycles. The lowest BCUT2D eigenvalue weighted by molar-refractivity contribution is -0.274. The summed E-state index contributed by atoms with van der Waals surface area (Å²) in [7, 11) is 0. The average molecular weight is 254 g/mol. The summed E-state index contributed by atoms with van der Waals surface area (Å²) in [6.45, 7) is 0.571. The van der Waals surface area contributed by atoms with Crippen LogP contribution in [0.25, 0.3) is 0 Å². The van der Waals surface area contributed by atoms with E-state index >= 15 is 0 Å². The fourth-order valence-corrected chi connectivity index (χ4v) is 1.13. The molecule has 7 heteroatoms. The van der Waals surface area contributed by atoms with Crippen LogP contribution in [-0.2, 0) is 5.92 Å². The molecule has 2 nitrogen and oxygen atoms in total. The van der Waals surface area contributed by atoms with E-state index in [2.05, 4.69) is 4.74 Å². The van der Waals surface area contributed by atoms with Crippen LogP contribution >= 0.6 is 0 Å². The van der Waals surface area contributed by atoms with Gasteiger partial charge in [-0.3, -0.25) is 4.79 Å². The Balaban J connectivity index is 3.15. The van der Waals surface area contributed by atoms with Gasteiger partial charge in [-0.2, -0.15) is 0 Å². The molecule has 94 valence electrons. The number of carbonyl (C=O) groups is 1. The molecule has 0 saturated heterocycles. The van der Waals surface area contributed by atoms with Crippen LogP contribution in [0, 0.1) is 0 Å². The van der Waals surface area contributed by atoms with Crippen molar-refractivity contribution in [1.82, 2.24) is 0 Å². The minimum atomic E-state index is -4.98. The maximum atomic E-state index is 12.9. The van der Waals surface area contributed by atoms with E-state index in [4.69, 9.17) is 0 Å². The number of rotatable bonds is 3. The summed E-state index contributed by atoms with van der Waals surface area (Å²) in [6, 6.07) is 2.12. The summed E-state index contributed by atoms with van der Waals surface area (Å²) >= 11 is 0. The van der Waals surface area contributed by atoms with Crippen LogP contribution in [0.4, 0.5) is 22.0 Å². The highest BCUT2D eigenvalue weighted by atomic mass is 19.4. The van der Waals surface area contributed by atoms with Crippen molar-refractivity contribution in [3.8, 4) is 5.75 Å². The van der Waals surface area contributed by atoms with E-state index in [1.54, 1.807) is 0 Å². The number of ether oxygens (including phenoxy) is 1. The molecule has 0 spiro atoms. The number of carbonyl (C=O) groups excluding carboxylic acids is 1. The van der Waals surface area contributed by atoms with Gasteiger partial charge in [0.25, 0.3) is 5.92 Å². The topological polar surface area (TPSA) is 26.3 Å². The SMILES string of the molecule is CC(F)(F)c1ccc(OC(F)(F)F)c(C=O)c1. The number of hydrogen-bond acceptors (Lipinski definition) is 2. The molecular formula is C10H7F5O2. The van der Waals surface area contributed by atoms with Crippen molar-refractivity contribution in [2.75, 3.05) is 0 Å². The molecule has 1 rings (SSSR count). The standard InChI is InChI=1S/C10H7F5O2/c1-9(11,12)7-2-3-8(6(4-7)5-16)17-10(13,14)15/h2-5H,1H3. The summed E-state index contributed by atoms with van der Waals surface area (Å²) in [5.74, 6) is -4.05. The molecule has 0 unspecified atom stereocenters. The number of aldehydes is 1. The quantitative estimate of drug-likeness (QED) is 0.609. The van der Waals surface area contributed by atoms with Crippen LogP contribution in [0.5, 0.6) is 5.75 Å². The summed E-state index contributed by atoms with van der Waals surface area (Å²) in [5.41, 5.74) is -1.14. The predicted molar refractivity (Wildman–Crippen MR) is 48.1 cm³/mol. The van der Waals surface area contributed by atoms with Crippen molar-refractivity contribution >= 4 is 6.29 Å². The van der Waals surface area contributed by atoms with Crippen LogP contribution in [0.2, 0.25) is 0 Å². The largest absolute Gasteiger partial charge is 0.573 e. The second kappa shape index (κ2) is 4.31. The monoisotopic (exact) mass is 254 g/mol. The van der Waals surface area contributed by atoms with Crippen molar-refractivity contribution in [1.29, 1.82) is 0 Å². The Morgan fingerprint density at radius 2 is 1.76 bits per heavy atom. The molecule has 0 fully saturated rings. The van der Waals surface area contributed by atoms with Gasteiger partial charge in [0.15, 0.2) is 6.29 Å². The van der Waals surface area contributed by atoms with Gasteiger partial charge < -0.3 is 4.74 Å². The second-order valence-electron chi connectivity index (χ2n) is 3.31. The van der Waals surface area contributed by atoms with E-state index in [1.807, 2.05) is 0 Å². The minimum Gasteiger partial charge on any atom is -0.405 e. The van der Waals surface area contributed by atoms with Crippen molar-refractivity contribution in [3.05, 3.63) is 29.3 Å². The summed E-state index contributed by atoms with van der Waals surface area (Å²) < 4.78 is 65.0. The van der Waals surface area contributed by atoms with Gasteiger partial charge in [-0.1, -0.05) is 0 Å². The molecule has 0 aliphatic carbocycles. The number of alkyl halides is 5. The van der Waals surface area contributed by atoms with E-state index in [9.17, 15) is 26.7 Å². The lowest BCUT2D eigenvalue weighted by Gasteiger charge is -2.14. The lowest BCUT2D eigenvalue weighted by atomic mass is 10.1. The highest BCUT2D eigenvalue weighted by Crippen LogP contribution is 2.32. The first-order valence-corrected chi connectivity index (χ1v) is 4.37. The maximum absolute atomic E-state index is 12.9. The van der Waals surface area contributed by atoms with E-state index in [1.165, 1.54) is 0 Å². The molecule has 17 heavy (non-hydrogen) atoms. The molecule has 0 aliphatic heterocycles. The van der Waals surface area contributed by atoms with Gasteiger partial charge in [0, 0.05) is 12.5 Å². The van der Waals surface area contributed by atoms with Crippen molar-refractivity contribution in [3.63, 3.8) is 0 Å². The van der Waals surface area contributed by atoms with Gasteiger partial charge >= 0.3 is 6.36 Å². The molecule has 0 amide bonds. The van der Waals surface area contributed by atoms with Crippen LogP contribution < -0.4 is 4.74 Å². The van der Waals surface area contributed by atoms with Gasteiger partial charge in [0.1, 0.15) is 5.75 Å². The van der Waals surface area contributed by atoms with E-state index in [-0.39, 0.29) is 6.29 Å². The number of benzene rings is 1. The molecule has 0 aliphatic rings. The molecule has 0 saturated carbocycles. The number of hydrogen-bond donors (Lipinski definition) is 0. The fourth-order valence-electron chi connectivity index (χ4n) is 1.13. The van der Waals surface area contributed by atoms with Crippen LogP contribution in [0.1, 0.15) is 22.8 Å². The zero-order valence-corrected chi connectivity index (χ0v) is 8.52. The second-order valence-corrected chi connectivity index (χ2v) is 3.31. The Labute approximate surface area is 93.0 Å². The zero-order chi connectivity index (χ0) is 13.3. The normalized spacial score (nSPS) is 12.4. The third-order valence-electron chi connectivity index (χ3n) is 1.87. The van der Waals surface area contributed by atoms with Crippen LogP contribution in [-0.4, -0.2) is 12.6 Å². The van der Waals surface area contributed by atoms with Gasteiger partial charge in [-0.05, 0) is 18.2 Å². The molecule has 0 atom stereocenters. The van der Waals surface area contributed by atoms with E-state index < -0.39 is 29.2 Å². The molecule has 0 N–H and O–H groups in total. The van der Waals surface area contributed by atoms with Crippen molar-refractivity contribution in [2.24, 2.45) is 0 Å². The highest BCUT2D eigenvalue weighted by Gasteiger charge is 2.33. The smallest absolute Gasteiger partial charge is 0.405 e. The highest BCUT2D eigenvalue weighted by molar-refractivity contribution is 5.79. The first-order valence-electron chi connectivity index (χ1n) is 4.37. The summed E-state index contributed by atoms with van der Waals surface area (Å²) in [5, 5.41) is 0. The Morgan fingerprint density at radius 1 is 1.18 bits per heavy atom. The molecule has 1 aromatic rings. The van der Waals surface area contributed by atoms with E-state index in [0.717, 1.165) is 6.07 Å². The van der Waals surface area contributed by atoms with Gasteiger partial charge in [-0.15, -0.1) is 13.2 Å². The van der Waals surface area contributed by atoms with Crippen molar-refractivity contribution in [2.45, 2.75) is 19.2 Å². The van der Waals surface area contributed by atoms with E-state index in [0.29, 0.717) is 19.1 Å². The predicted octanol–water partition coefficient (Wildman–Crippen LogP) is 3.51. The molecular weight excluding hydrogens is 247 g/mol. The Kier molecular flexibility index (Phi) is 3.40. The molecule has 1 aromatic carbocycles. The summed E-state index contributed by atoms with van der Waals surface area (Å²) in [4.78, 5) is 10.5. The fraction of sp³-hybridized carbons (Fsp3) is 0.300. The van der Waals surface area contributed by atoms with Crippen LogP contribution in [0.15, 0.2) is 18.2 Å². The van der Waals surface area contributed by atoms with Gasteiger partial charge in [0.2, 0.25) is 0 Å². The summed E-state index contributed by atoms with van der Waals surface area (Å²) in [6.07, 6.45) is -4.95. The Morgan fingerprint density at radius 3 is 2.18 bits per heavy atom. The lowest BCUT2D eigenvalue weighted by Crippen LogP contribution is -2.18. The van der Waals surface area contributed by atoms with Crippen molar-refractivity contribution < 1.29 is 31.5 Å². The first-order chi connectivity index (χ1) is 7.63. The maximum Gasteiger partial charge on any atom is 0.573 e. The first kappa shape index (κ1) is 13.4. The molecule has 0 aromatic heterocycles. The Bertz CT molecular complexity index is 420. The molecule has 0 radical (unpaired) electrons. The molecule has 0 bridgehead atoms. The average Bonchev–Trinajstić information content (AvgIpc) is 2.14. The van der Waals surface area contributed by atoms with Gasteiger partial charge in [-0.25, -0.2) is 8.78 Å². The number of halogens is 5. The third kappa shape index (κ3) is 3.69. The minimum absolute atomic E-state index is 0.0241. The third-order valence-corrected chi connectivity index (χ3v) is 1.87. The van der Waals surface area contributed by atoms with Gasteiger partial charge in [0.05, 0.1) is 5.56 Å².